The largest absolute Gasteiger partial charge is 0.357 e. The summed E-state index contributed by atoms with van der Waals surface area (Å²) in [5, 5.41) is 6.71. The van der Waals surface area contributed by atoms with Gasteiger partial charge in [0.05, 0.1) is 4.90 Å². The van der Waals surface area contributed by atoms with E-state index >= 15 is 0 Å². The molecule has 7 heteroatoms. The Hall–Kier alpha value is -0.830. The number of guanidine groups is 1. The molecule has 0 aromatic heterocycles. The number of sulfone groups is 1. The second kappa shape index (κ2) is 12.7. The zero-order chi connectivity index (χ0) is 19.7. The Labute approximate surface area is 188 Å². The van der Waals surface area contributed by atoms with Gasteiger partial charge in [-0.15, -0.1) is 24.0 Å². The zero-order valence-electron chi connectivity index (χ0n) is 17.4. The Bertz CT molecular complexity index is 697. The minimum Gasteiger partial charge on any atom is -0.357 e. The highest BCUT2D eigenvalue weighted by Crippen LogP contribution is 2.30. The number of rotatable bonds is 8. The summed E-state index contributed by atoms with van der Waals surface area (Å²) in [5.41, 5.74) is 1.11. The van der Waals surface area contributed by atoms with Crippen LogP contribution in [0.2, 0.25) is 0 Å². The van der Waals surface area contributed by atoms with Crippen molar-refractivity contribution < 1.29 is 8.42 Å². The van der Waals surface area contributed by atoms with E-state index in [1.165, 1.54) is 38.4 Å². The lowest BCUT2D eigenvalue weighted by Crippen LogP contribution is -2.38. The van der Waals surface area contributed by atoms with Gasteiger partial charge in [0.25, 0.3) is 0 Å². The molecule has 5 nitrogen and oxygen atoms in total. The molecular weight excluding hydrogens is 485 g/mol. The van der Waals surface area contributed by atoms with Crippen molar-refractivity contribution in [1.29, 1.82) is 0 Å². The minimum absolute atomic E-state index is 0. The van der Waals surface area contributed by atoms with E-state index in [1.807, 2.05) is 12.1 Å². The van der Waals surface area contributed by atoms with Gasteiger partial charge in [0, 0.05) is 25.9 Å². The summed E-state index contributed by atoms with van der Waals surface area (Å²) in [6, 6.07) is 7.12. The molecule has 0 bridgehead atoms. The van der Waals surface area contributed by atoms with Gasteiger partial charge in [-0.3, -0.25) is 4.99 Å². The minimum atomic E-state index is -3.13. The summed E-state index contributed by atoms with van der Waals surface area (Å²) in [6.45, 7) is 6.89. The van der Waals surface area contributed by atoms with Crippen molar-refractivity contribution in [1.82, 2.24) is 10.6 Å². The average Bonchev–Trinajstić information content (AvgIpc) is 2.66. The molecule has 2 rings (SSSR count). The van der Waals surface area contributed by atoms with Crippen molar-refractivity contribution in [2.45, 2.75) is 57.3 Å². The molecule has 1 saturated carbocycles. The quantitative estimate of drug-likeness (QED) is 0.308. The van der Waals surface area contributed by atoms with Crippen LogP contribution in [-0.4, -0.2) is 40.3 Å². The van der Waals surface area contributed by atoms with E-state index in [-0.39, 0.29) is 24.0 Å². The molecule has 1 aliphatic carbocycles. The normalized spacial score (nSPS) is 20.3. The maximum Gasteiger partial charge on any atom is 0.191 e. The van der Waals surface area contributed by atoms with Gasteiger partial charge < -0.3 is 10.6 Å². The van der Waals surface area contributed by atoms with Crippen molar-refractivity contribution in [2.24, 2.45) is 16.8 Å². The van der Waals surface area contributed by atoms with E-state index in [2.05, 4.69) is 24.5 Å². The van der Waals surface area contributed by atoms with Crippen molar-refractivity contribution in [3.8, 4) is 0 Å². The topological polar surface area (TPSA) is 70.6 Å². The van der Waals surface area contributed by atoms with Crippen LogP contribution in [0.4, 0.5) is 0 Å². The van der Waals surface area contributed by atoms with Crippen molar-refractivity contribution in [2.75, 3.05) is 25.9 Å². The predicted molar refractivity (Wildman–Crippen MR) is 128 cm³/mol. The zero-order valence-corrected chi connectivity index (χ0v) is 20.6. The van der Waals surface area contributed by atoms with Gasteiger partial charge >= 0.3 is 0 Å². The number of hydrogen-bond acceptors (Lipinski definition) is 3. The van der Waals surface area contributed by atoms with Crippen LogP contribution in [-0.2, 0) is 16.3 Å². The Morgan fingerprint density at radius 3 is 2.18 bits per heavy atom. The molecule has 28 heavy (non-hydrogen) atoms. The van der Waals surface area contributed by atoms with Crippen molar-refractivity contribution in [3.63, 3.8) is 0 Å². The second-order valence-corrected chi connectivity index (χ2v) is 9.62. The Balaban J connectivity index is 0.00000392. The summed E-state index contributed by atoms with van der Waals surface area (Å²) in [4.78, 5) is 5.15. The van der Waals surface area contributed by atoms with Crippen LogP contribution in [0.3, 0.4) is 0 Å². The van der Waals surface area contributed by atoms with E-state index in [0.717, 1.165) is 43.5 Å². The van der Waals surface area contributed by atoms with Gasteiger partial charge in [0.2, 0.25) is 0 Å². The van der Waals surface area contributed by atoms with Crippen LogP contribution in [0.5, 0.6) is 0 Å². The molecule has 0 unspecified atom stereocenters. The SMILES string of the molecule is CCNC(=NCC1CCC(CC)CC1)NCCc1ccc(S(C)(=O)=O)cc1.I. The first-order chi connectivity index (χ1) is 12.9. The highest BCUT2D eigenvalue weighted by molar-refractivity contribution is 14.0. The number of nitrogens with zero attached hydrogens (tertiary/aromatic N) is 1. The monoisotopic (exact) mass is 521 g/mol. The highest BCUT2D eigenvalue weighted by Gasteiger charge is 2.19. The summed E-state index contributed by atoms with van der Waals surface area (Å²) in [7, 11) is -3.13. The number of hydrogen-bond donors (Lipinski definition) is 2. The van der Waals surface area contributed by atoms with Gasteiger partial charge in [-0.2, -0.15) is 0 Å². The third-order valence-corrected chi connectivity index (χ3v) is 6.58. The van der Waals surface area contributed by atoms with E-state index in [1.54, 1.807) is 12.1 Å². The fourth-order valence-corrected chi connectivity index (χ4v) is 4.24. The molecule has 1 aromatic carbocycles. The number of halogens is 1. The average molecular weight is 522 g/mol. The third kappa shape index (κ3) is 8.68. The molecule has 0 radical (unpaired) electrons. The molecule has 0 heterocycles. The van der Waals surface area contributed by atoms with Gasteiger partial charge in [0.15, 0.2) is 15.8 Å². The first-order valence-corrected chi connectivity index (χ1v) is 12.1. The van der Waals surface area contributed by atoms with Gasteiger partial charge in [-0.1, -0.05) is 38.3 Å². The molecule has 0 spiro atoms. The van der Waals surface area contributed by atoms with E-state index < -0.39 is 9.84 Å². The lowest BCUT2D eigenvalue weighted by atomic mass is 9.81. The molecule has 0 aliphatic heterocycles. The Morgan fingerprint density at radius 1 is 1.04 bits per heavy atom. The van der Waals surface area contributed by atoms with Crippen LogP contribution in [0.1, 0.15) is 51.5 Å². The summed E-state index contributed by atoms with van der Waals surface area (Å²) >= 11 is 0. The van der Waals surface area contributed by atoms with E-state index in [4.69, 9.17) is 4.99 Å². The number of nitrogens with one attached hydrogen (secondary N) is 2. The highest BCUT2D eigenvalue weighted by atomic mass is 127. The van der Waals surface area contributed by atoms with Crippen LogP contribution < -0.4 is 10.6 Å². The lowest BCUT2D eigenvalue weighted by Gasteiger charge is -2.26. The van der Waals surface area contributed by atoms with Crippen LogP contribution >= 0.6 is 24.0 Å². The fourth-order valence-electron chi connectivity index (χ4n) is 3.61. The maximum atomic E-state index is 11.5. The summed E-state index contributed by atoms with van der Waals surface area (Å²) in [6.07, 6.45) is 8.68. The van der Waals surface area contributed by atoms with E-state index in [0.29, 0.717) is 10.8 Å². The molecule has 1 fully saturated rings. The molecule has 0 amide bonds. The van der Waals surface area contributed by atoms with Gasteiger partial charge in [0.1, 0.15) is 0 Å². The fraction of sp³-hybridized carbons (Fsp3) is 0.667. The molecule has 1 aliphatic rings. The van der Waals surface area contributed by atoms with Gasteiger partial charge in [-0.25, -0.2) is 8.42 Å². The van der Waals surface area contributed by atoms with Crippen molar-refractivity contribution >= 4 is 39.8 Å². The molecule has 0 saturated heterocycles. The molecule has 160 valence electrons. The Morgan fingerprint density at radius 2 is 1.64 bits per heavy atom. The number of benzene rings is 1. The van der Waals surface area contributed by atoms with Crippen molar-refractivity contribution in [3.05, 3.63) is 29.8 Å². The predicted octanol–water partition coefficient (Wildman–Crippen LogP) is 4.02. The van der Waals surface area contributed by atoms with Crippen LogP contribution in [0.15, 0.2) is 34.2 Å². The first-order valence-electron chi connectivity index (χ1n) is 10.2. The molecular formula is C21H36IN3O2S. The van der Waals surface area contributed by atoms with E-state index in [9.17, 15) is 8.42 Å². The van der Waals surface area contributed by atoms with Crippen LogP contribution in [0.25, 0.3) is 0 Å². The third-order valence-electron chi connectivity index (χ3n) is 5.45. The maximum absolute atomic E-state index is 11.5. The Kier molecular flexibility index (Phi) is 11.4. The lowest BCUT2D eigenvalue weighted by molar-refractivity contribution is 0.274. The smallest absolute Gasteiger partial charge is 0.191 e. The number of aliphatic imine (C=N–C) groups is 1. The summed E-state index contributed by atoms with van der Waals surface area (Å²) < 4.78 is 23.0. The molecule has 1 aromatic rings. The van der Waals surface area contributed by atoms with Gasteiger partial charge in [-0.05, 0) is 55.7 Å². The second-order valence-electron chi connectivity index (χ2n) is 7.61. The summed E-state index contributed by atoms with van der Waals surface area (Å²) in [5.74, 6) is 2.51. The standard InChI is InChI=1S/C21H35N3O2S.HI/c1-4-17-6-8-19(9-7-17)16-24-21(22-5-2)23-15-14-18-10-12-20(13-11-18)27(3,25)26;/h10-13,17,19H,4-9,14-16H2,1-3H3,(H2,22,23,24);1H. The molecule has 2 N–H and O–H groups in total. The first kappa shape index (κ1) is 25.2. The molecule has 0 atom stereocenters. The van der Waals surface area contributed by atoms with Crippen LogP contribution in [0, 0.1) is 11.8 Å².